The second-order valence-electron chi connectivity index (χ2n) is 9.30. The molecule has 0 saturated carbocycles. The van der Waals surface area contributed by atoms with E-state index >= 15 is 0 Å². The molecule has 2 atom stereocenters. The minimum Gasteiger partial charge on any atom is -0.465 e. The highest BCUT2D eigenvalue weighted by molar-refractivity contribution is 5.73. The fourth-order valence-electron chi connectivity index (χ4n) is 4.33. The fraction of sp³-hybridized carbons (Fsp3) is 0.312. The summed E-state index contributed by atoms with van der Waals surface area (Å²) in [6.07, 6.45) is 14.8. The first kappa shape index (κ1) is 24.4. The maximum absolute atomic E-state index is 5.91. The summed E-state index contributed by atoms with van der Waals surface area (Å²) in [6.45, 7) is 1.58. The monoisotopic (exact) mass is 482 g/mol. The van der Waals surface area contributed by atoms with Crippen molar-refractivity contribution in [1.82, 2.24) is 0 Å². The van der Waals surface area contributed by atoms with Gasteiger partial charge in [-0.15, -0.1) is 0 Å². The molecule has 2 saturated heterocycles. The standard InChI is InChI=1S/C32H34O4/c1-3-23-33-31(5-1)35-29-19-15-27(16-20-29)13-11-25-7-9-26(10-8-25)12-14-28-17-21-30(22-18-28)36-32-6-2-4-24-34-32/h7-22,31-32H,1-6,23-24H2. The Hall–Kier alpha value is -3.34. The molecular formula is C32H34O4. The van der Waals surface area contributed by atoms with Gasteiger partial charge in [0.2, 0.25) is 0 Å². The lowest BCUT2D eigenvalue weighted by atomic mass is 10.1. The normalized spacial score (nSPS) is 20.6. The van der Waals surface area contributed by atoms with E-state index in [1.165, 1.54) is 12.8 Å². The zero-order chi connectivity index (χ0) is 24.4. The van der Waals surface area contributed by atoms with E-state index in [1.54, 1.807) is 0 Å². The SMILES string of the molecule is C(=Cc1ccc(OC2CCCCO2)cc1)c1ccc(C=Cc2ccc(OC3CCCCO3)cc2)cc1. The molecule has 186 valence electrons. The van der Waals surface area contributed by atoms with Crippen molar-refractivity contribution in [1.29, 1.82) is 0 Å². The Balaban J connectivity index is 1.11. The molecule has 0 aliphatic carbocycles. The highest BCUT2D eigenvalue weighted by atomic mass is 16.7. The molecule has 0 spiro atoms. The average molecular weight is 483 g/mol. The van der Waals surface area contributed by atoms with Crippen LogP contribution in [0, 0.1) is 0 Å². The molecule has 0 amide bonds. The molecule has 2 aliphatic rings. The summed E-state index contributed by atoms with van der Waals surface area (Å²) in [5, 5.41) is 0. The third kappa shape index (κ3) is 7.33. The van der Waals surface area contributed by atoms with Crippen LogP contribution in [0.5, 0.6) is 11.5 Å². The van der Waals surface area contributed by atoms with Crippen molar-refractivity contribution in [3.63, 3.8) is 0 Å². The van der Waals surface area contributed by atoms with Gasteiger partial charge in [-0.2, -0.15) is 0 Å². The fourth-order valence-corrected chi connectivity index (χ4v) is 4.33. The van der Waals surface area contributed by atoms with Gasteiger partial charge >= 0.3 is 0 Å². The highest BCUT2D eigenvalue weighted by Crippen LogP contribution is 2.22. The molecule has 2 aliphatic heterocycles. The van der Waals surface area contributed by atoms with Crippen LogP contribution >= 0.6 is 0 Å². The number of ether oxygens (including phenoxy) is 4. The van der Waals surface area contributed by atoms with Crippen molar-refractivity contribution < 1.29 is 18.9 Å². The zero-order valence-electron chi connectivity index (χ0n) is 20.7. The first-order valence-corrected chi connectivity index (χ1v) is 13.0. The number of hydrogen-bond acceptors (Lipinski definition) is 4. The Labute approximate surface area is 214 Å². The minimum atomic E-state index is -0.109. The van der Waals surface area contributed by atoms with Gasteiger partial charge in [0, 0.05) is 12.8 Å². The Morgan fingerprint density at radius 1 is 0.472 bits per heavy atom. The van der Waals surface area contributed by atoms with Gasteiger partial charge in [-0.3, -0.25) is 0 Å². The van der Waals surface area contributed by atoms with E-state index in [9.17, 15) is 0 Å². The summed E-state index contributed by atoms with van der Waals surface area (Å²) < 4.78 is 23.1. The van der Waals surface area contributed by atoms with Crippen LogP contribution < -0.4 is 9.47 Å². The van der Waals surface area contributed by atoms with Crippen molar-refractivity contribution >= 4 is 24.3 Å². The van der Waals surface area contributed by atoms with Crippen molar-refractivity contribution in [2.45, 2.75) is 51.1 Å². The van der Waals surface area contributed by atoms with Crippen LogP contribution in [0.15, 0.2) is 72.8 Å². The maximum Gasteiger partial charge on any atom is 0.199 e. The Bertz CT molecular complexity index is 1030. The summed E-state index contributed by atoms with van der Waals surface area (Å²) in [6, 6.07) is 24.9. The Morgan fingerprint density at radius 3 is 1.11 bits per heavy atom. The largest absolute Gasteiger partial charge is 0.465 e. The minimum absolute atomic E-state index is 0.109. The van der Waals surface area contributed by atoms with Crippen LogP contribution in [0.25, 0.3) is 24.3 Å². The van der Waals surface area contributed by atoms with Gasteiger partial charge in [0.25, 0.3) is 0 Å². The molecule has 0 radical (unpaired) electrons. The van der Waals surface area contributed by atoms with Crippen LogP contribution in [-0.4, -0.2) is 25.8 Å². The molecule has 3 aromatic carbocycles. The van der Waals surface area contributed by atoms with Crippen molar-refractivity contribution in [2.24, 2.45) is 0 Å². The summed E-state index contributed by atoms with van der Waals surface area (Å²) in [5.74, 6) is 1.71. The quantitative estimate of drug-likeness (QED) is 0.307. The maximum atomic E-state index is 5.91. The summed E-state index contributed by atoms with van der Waals surface area (Å²) in [5.41, 5.74) is 4.60. The van der Waals surface area contributed by atoms with E-state index in [1.807, 2.05) is 24.3 Å². The average Bonchev–Trinajstić information content (AvgIpc) is 2.94. The third-order valence-electron chi connectivity index (χ3n) is 6.44. The van der Waals surface area contributed by atoms with E-state index in [0.29, 0.717) is 0 Å². The van der Waals surface area contributed by atoms with Gasteiger partial charge in [-0.05, 0) is 72.2 Å². The van der Waals surface area contributed by atoms with Gasteiger partial charge < -0.3 is 18.9 Å². The van der Waals surface area contributed by atoms with Crippen LogP contribution in [0.4, 0.5) is 0 Å². The molecule has 2 fully saturated rings. The van der Waals surface area contributed by atoms with Gasteiger partial charge in [-0.25, -0.2) is 0 Å². The molecule has 3 aromatic rings. The van der Waals surface area contributed by atoms with Crippen molar-refractivity contribution in [2.75, 3.05) is 13.2 Å². The number of benzene rings is 3. The number of hydrogen-bond donors (Lipinski definition) is 0. The van der Waals surface area contributed by atoms with Crippen LogP contribution in [0.2, 0.25) is 0 Å². The molecule has 4 nitrogen and oxygen atoms in total. The first-order valence-electron chi connectivity index (χ1n) is 13.0. The van der Waals surface area contributed by atoms with Crippen molar-refractivity contribution in [3.8, 4) is 11.5 Å². The second-order valence-corrected chi connectivity index (χ2v) is 9.30. The second kappa shape index (κ2) is 12.6. The molecule has 0 aromatic heterocycles. The van der Waals surface area contributed by atoms with E-state index in [2.05, 4.69) is 72.8 Å². The molecule has 36 heavy (non-hydrogen) atoms. The molecule has 2 heterocycles. The first-order chi connectivity index (χ1) is 17.8. The zero-order valence-corrected chi connectivity index (χ0v) is 20.7. The van der Waals surface area contributed by atoms with E-state index in [4.69, 9.17) is 18.9 Å². The molecular weight excluding hydrogens is 448 g/mol. The highest BCUT2D eigenvalue weighted by Gasteiger charge is 2.15. The predicted molar refractivity (Wildman–Crippen MR) is 146 cm³/mol. The van der Waals surface area contributed by atoms with E-state index < -0.39 is 0 Å². The Kier molecular flexibility index (Phi) is 8.50. The van der Waals surface area contributed by atoms with Crippen LogP contribution in [0.1, 0.15) is 60.8 Å². The lowest BCUT2D eigenvalue weighted by Gasteiger charge is -2.23. The Morgan fingerprint density at radius 2 is 0.806 bits per heavy atom. The summed E-state index contributed by atoms with van der Waals surface area (Å²) in [4.78, 5) is 0. The topological polar surface area (TPSA) is 36.9 Å². The van der Waals surface area contributed by atoms with Crippen LogP contribution in [0.3, 0.4) is 0 Å². The molecule has 5 rings (SSSR count). The summed E-state index contributed by atoms with van der Waals surface area (Å²) in [7, 11) is 0. The van der Waals surface area contributed by atoms with E-state index in [-0.39, 0.29) is 12.6 Å². The van der Waals surface area contributed by atoms with Gasteiger partial charge in [0.1, 0.15) is 11.5 Å². The number of rotatable bonds is 8. The predicted octanol–water partition coefficient (Wildman–Crippen LogP) is 7.84. The molecule has 0 bridgehead atoms. The van der Waals surface area contributed by atoms with Crippen molar-refractivity contribution in [3.05, 3.63) is 95.1 Å². The van der Waals surface area contributed by atoms with Gasteiger partial charge in [0.05, 0.1) is 13.2 Å². The summed E-state index contributed by atoms with van der Waals surface area (Å²) >= 11 is 0. The smallest absolute Gasteiger partial charge is 0.199 e. The lowest BCUT2D eigenvalue weighted by Crippen LogP contribution is -2.24. The molecule has 2 unspecified atom stereocenters. The lowest BCUT2D eigenvalue weighted by molar-refractivity contribution is -0.106. The molecule has 0 N–H and O–H groups in total. The van der Waals surface area contributed by atoms with Gasteiger partial charge in [0.15, 0.2) is 12.6 Å². The van der Waals surface area contributed by atoms with Gasteiger partial charge in [-0.1, -0.05) is 72.8 Å². The molecule has 4 heteroatoms. The van der Waals surface area contributed by atoms with Crippen LogP contribution in [-0.2, 0) is 9.47 Å². The van der Waals surface area contributed by atoms with E-state index in [0.717, 1.165) is 72.6 Å². The third-order valence-corrected chi connectivity index (χ3v) is 6.44.